The molecule has 0 aliphatic rings. The molecule has 160 valence electrons. The molecule has 0 aliphatic carbocycles. The molecular weight excluding hydrogens is 424 g/mol. The van der Waals surface area contributed by atoms with Gasteiger partial charge in [0.1, 0.15) is 6.54 Å². The van der Waals surface area contributed by atoms with E-state index < -0.39 is 11.2 Å². The molecule has 0 saturated carbocycles. The van der Waals surface area contributed by atoms with Gasteiger partial charge >= 0.3 is 0 Å². The van der Waals surface area contributed by atoms with Gasteiger partial charge in [0, 0.05) is 27.9 Å². The first kappa shape index (κ1) is 21.5. The van der Waals surface area contributed by atoms with Crippen molar-refractivity contribution in [2.24, 2.45) is 0 Å². The van der Waals surface area contributed by atoms with Crippen LogP contribution in [-0.2, 0) is 17.8 Å². The number of carbonyl (C=O) groups is 2. The third kappa shape index (κ3) is 4.48. The number of benzene rings is 3. The van der Waals surface area contributed by atoms with E-state index in [4.69, 9.17) is 11.6 Å². The van der Waals surface area contributed by atoms with Crippen LogP contribution in [0.15, 0.2) is 83.8 Å². The molecule has 6 heteroatoms. The van der Waals surface area contributed by atoms with Crippen molar-refractivity contribution in [3.05, 3.63) is 111 Å². The summed E-state index contributed by atoms with van der Waals surface area (Å²) in [5.74, 6) is -0.672. The van der Waals surface area contributed by atoms with Crippen molar-refractivity contribution in [3.8, 4) is 0 Å². The van der Waals surface area contributed by atoms with Crippen LogP contribution in [0.2, 0.25) is 5.02 Å². The van der Waals surface area contributed by atoms with Crippen molar-refractivity contribution in [3.63, 3.8) is 0 Å². The lowest BCUT2D eigenvalue weighted by molar-refractivity contribution is -0.116. The number of carbonyl (C=O) groups excluding carboxylic acids is 2. The topological polar surface area (TPSA) is 68.2 Å². The van der Waals surface area contributed by atoms with Crippen molar-refractivity contribution in [1.29, 1.82) is 0 Å². The highest BCUT2D eigenvalue weighted by molar-refractivity contribution is 6.31. The number of ketones is 1. The van der Waals surface area contributed by atoms with E-state index in [0.717, 1.165) is 6.42 Å². The van der Waals surface area contributed by atoms with Crippen LogP contribution >= 0.6 is 11.6 Å². The number of nitrogens with one attached hydrogen (secondary N) is 1. The van der Waals surface area contributed by atoms with Gasteiger partial charge in [0.2, 0.25) is 11.3 Å². The van der Waals surface area contributed by atoms with Gasteiger partial charge in [0.15, 0.2) is 5.78 Å². The zero-order valence-electron chi connectivity index (χ0n) is 17.5. The third-order valence-electron chi connectivity index (χ3n) is 5.28. The molecule has 0 atom stereocenters. The van der Waals surface area contributed by atoms with Gasteiger partial charge in [-0.2, -0.15) is 0 Å². The van der Waals surface area contributed by atoms with Crippen LogP contribution in [-0.4, -0.2) is 16.3 Å². The fraction of sp³-hybridized carbons (Fsp3) is 0.115. The SMILES string of the molecule is CCc1ccc(NC(=O)Cn2cc(C(=O)c3ccccc3)c(=O)c3cc(Cl)ccc32)cc1. The second-order valence-corrected chi connectivity index (χ2v) is 7.89. The van der Waals surface area contributed by atoms with Crippen LogP contribution in [0.3, 0.4) is 0 Å². The van der Waals surface area contributed by atoms with E-state index >= 15 is 0 Å². The molecule has 1 heterocycles. The van der Waals surface area contributed by atoms with Crippen molar-refractivity contribution < 1.29 is 9.59 Å². The monoisotopic (exact) mass is 444 g/mol. The number of pyridine rings is 1. The van der Waals surface area contributed by atoms with Crippen LogP contribution in [0.1, 0.15) is 28.4 Å². The predicted molar refractivity (Wildman–Crippen MR) is 128 cm³/mol. The Labute approximate surface area is 190 Å². The van der Waals surface area contributed by atoms with Gasteiger partial charge in [-0.3, -0.25) is 14.4 Å². The van der Waals surface area contributed by atoms with Crippen LogP contribution < -0.4 is 10.7 Å². The lowest BCUT2D eigenvalue weighted by Crippen LogP contribution is -2.24. The smallest absolute Gasteiger partial charge is 0.244 e. The van der Waals surface area contributed by atoms with E-state index in [0.29, 0.717) is 27.2 Å². The summed E-state index contributed by atoms with van der Waals surface area (Å²) in [5.41, 5.74) is 2.37. The molecule has 0 aliphatic heterocycles. The highest BCUT2D eigenvalue weighted by Crippen LogP contribution is 2.19. The highest BCUT2D eigenvalue weighted by Gasteiger charge is 2.18. The van der Waals surface area contributed by atoms with Gasteiger partial charge in [-0.15, -0.1) is 0 Å². The molecule has 5 nitrogen and oxygen atoms in total. The zero-order chi connectivity index (χ0) is 22.7. The molecule has 0 bridgehead atoms. The number of nitrogens with zero attached hydrogens (tertiary/aromatic N) is 1. The molecule has 0 unspecified atom stereocenters. The number of rotatable bonds is 6. The molecule has 1 aromatic heterocycles. The van der Waals surface area contributed by atoms with Crippen molar-refractivity contribution in [1.82, 2.24) is 4.57 Å². The standard InChI is InChI=1S/C26H21ClN2O3/c1-2-17-8-11-20(12-9-17)28-24(30)16-29-15-22(25(31)18-6-4-3-5-7-18)26(32)21-14-19(27)10-13-23(21)29/h3-15H,2,16H2,1H3,(H,28,30). The lowest BCUT2D eigenvalue weighted by atomic mass is 10.0. The van der Waals surface area contributed by atoms with E-state index in [1.165, 1.54) is 17.8 Å². The van der Waals surface area contributed by atoms with E-state index in [-0.39, 0.29) is 18.0 Å². The average molecular weight is 445 g/mol. The minimum atomic E-state index is -0.414. The maximum Gasteiger partial charge on any atom is 0.244 e. The van der Waals surface area contributed by atoms with Crippen molar-refractivity contribution >= 4 is 39.9 Å². The van der Waals surface area contributed by atoms with Crippen molar-refractivity contribution in [2.75, 3.05) is 5.32 Å². The number of aromatic nitrogens is 1. The fourth-order valence-electron chi connectivity index (χ4n) is 3.59. The van der Waals surface area contributed by atoms with Gasteiger partial charge in [0.25, 0.3) is 0 Å². The molecule has 0 fully saturated rings. The Kier molecular flexibility index (Phi) is 6.19. The van der Waals surface area contributed by atoms with Crippen LogP contribution in [0, 0.1) is 0 Å². The Balaban J connectivity index is 1.72. The summed E-state index contributed by atoms with van der Waals surface area (Å²) in [6.07, 6.45) is 2.37. The van der Waals surface area contributed by atoms with Gasteiger partial charge in [-0.05, 0) is 42.3 Å². The molecule has 0 radical (unpaired) electrons. The highest BCUT2D eigenvalue weighted by atomic mass is 35.5. The van der Waals surface area contributed by atoms with E-state index in [9.17, 15) is 14.4 Å². The Hall–Kier alpha value is -3.70. The quantitative estimate of drug-likeness (QED) is 0.421. The maximum absolute atomic E-state index is 13.1. The van der Waals surface area contributed by atoms with Gasteiger partial charge < -0.3 is 9.88 Å². The second-order valence-electron chi connectivity index (χ2n) is 7.46. The lowest BCUT2D eigenvalue weighted by Gasteiger charge is -2.14. The van der Waals surface area contributed by atoms with Gasteiger partial charge in [0.05, 0.1) is 11.1 Å². The summed E-state index contributed by atoms with van der Waals surface area (Å²) < 4.78 is 1.61. The number of hydrogen-bond donors (Lipinski definition) is 1. The fourth-order valence-corrected chi connectivity index (χ4v) is 3.76. The average Bonchev–Trinajstić information content (AvgIpc) is 2.81. The number of halogens is 1. The zero-order valence-corrected chi connectivity index (χ0v) is 18.2. The first-order valence-electron chi connectivity index (χ1n) is 10.3. The van der Waals surface area contributed by atoms with Crippen molar-refractivity contribution in [2.45, 2.75) is 19.9 Å². The Morgan fingerprint density at radius 1 is 0.969 bits per heavy atom. The molecule has 0 spiro atoms. The number of anilines is 1. The molecule has 32 heavy (non-hydrogen) atoms. The molecule has 1 N–H and O–H groups in total. The Morgan fingerprint density at radius 3 is 2.38 bits per heavy atom. The van der Waals surface area contributed by atoms with Crippen LogP contribution in [0.5, 0.6) is 0 Å². The van der Waals surface area contributed by atoms with E-state index in [1.807, 2.05) is 24.3 Å². The van der Waals surface area contributed by atoms with Crippen LogP contribution in [0.4, 0.5) is 5.69 Å². The number of aryl methyl sites for hydroxylation is 1. The molecular formula is C26H21ClN2O3. The van der Waals surface area contributed by atoms with E-state index in [2.05, 4.69) is 12.2 Å². The van der Waals surface area contributed by atoms with E-state index in [1.54, 1.807) is 47.0 Å². The molecule has 0 saturated heterocycles. The normalized spacial score (nSPS) is 10.8. The van der Waals surface area contributed by atoms with Crippen LogP contribution in [0.25, 0.3) is 10.9 Å². The van der Waals surface area contributed by atoms with Gasteiger partial charge in [-0.1, -0.05) is 61.0 Å². The summed E-state index contributed by atoms with van der Waals surface area (Å²) in [6, 6.07) is 21.1. The summed E-state index contributed by atoms with van der Waals surface area (Å²) in [5, 5.41) is 3.54. The van der Waals surface area contributed by atoms with Gasteiger partial charge in [-0.25, -0.2) is 0 Å². The summed E-state index contributed by atoms with van der Waals surface area (Å²) in [4.78, 5) is 38.9. The Morgan fingerprint density at radius 2 is 1.69 bits per heavy atom. The summed E-state index contributed by atoms with van der Waals surface area (Å²) in [7, 11) is 0. The number of amides is 1. The molecule has 1 amide bonds. The first-order valence-corrected chi connectivity index (χ1v) is 10.7. The largest absolute Gasteiger partial charge is 0.337 e. The number of fused-ring (bicyclic) bond motifs is 1. The molecule has 4 rings (SSSR count). The third-order valence-corrected chi connectivity index (χ3v) is 5.52. The summed E-state index contributed by atoms with van der Waals surface area (Å²) in [6.45, 7) is 2.00. The predicted octanol–water partition coefficient (Wildman–Crippen LogP) is 5.09. The molecule has 3 aromatic carbocycles. The number of hydrogen-bond acceptors (Lipinski definition) is 3. The maximum atomic E-state index is 13.1. The summed E-state index contributed by atoms with van der Waals surface area (Å²) >= 11 is 6.12. The minimum Gasteiger partial charge on any atom is -0.337 e. The minimum absolute atomic E-state index is 0.00827. The first-order chi connectivity index (χ1) is 15.5. The second kappa shape index (κ2) is 9.20. The Bertz CT molecular complexity index is 1360. The molecule has 4 aromatic rings.